The Balaban J connectivity index is 2.59. The van der Waals surface area contributed by atoms with Crippen LogP contribution in [0.25, 0.3) is 0 Å². The van der Waals surface area contributed by atoms with Crippen molar-refractivity contribution < 1.29 is 9.53 Å². The van der Waals surface area contributed by atoms with E-state index in [2.05, 4.69) is 17.6 Å². The summed E-state index contributed by atoms with van der Waals surface area (Å²) in [7, 11) is 0. The lowest BCUT2D eigenvalue weighted by Gasteiger charge is -2.17. The van der Waals surface area contributed by atoms with Gasteiger partial charge in [0.05, 0.1) is 0 Å². The van der Waals surface area contributed by atoms with Crippen LogP contribution in [0.1, 0.15) is 39.2 Å². The molecular formula is C16H26N2O2. The number of para-hydroxylation sites is 1. The standard InChI is InChI=1S/C16H26N2O2/c1-4-10-17-12-14-8-6-7-9-15(14)20-13(3)16(19)18-11-5-2/h6-9,13,17H,4-5,10-12H2,1-3H3,(H,18,19). The van der Waals surface area contributed by atoms with Crippen molar-refractivity contribution in [2.45, 2.75) is 46.3 Å². The van der Waals surface area contributed by atoms with Gasteiger partial charge >= 0.3 is 0 Å². The summed E-state index contributed by atoms with van der Waals surface area (Å²) in [5.74, 6) is 0.707. The molecule has 0 spiro atoms. The van der Waals surface area contributed by atoms with Crippen LogP contribution in [0.2, 0.25) is 0 Å². The Labute approximate surface area is 121 Å². The van der Waals surface area contributed by atoms with Crippen LogP contribution in [0.3, 0.4) is 0 Å². The lowest BCUT2D eigenvalue weighted by Crippen LogP contribution is -2.36. The molecule has 1 rings (SSSR count). The third kappa shape index (κ3) is 5.61. The van der Waals surface area contributed by atoms with Gasteiger partial charge in [-0.2, -0.15) is 0 Å². The van der Waals surface area contributed by atoms with Gasteiger partial charge in [0.1, 0.15) is 5.75 Å². The van der Waals surface area contributed by atoms with Gasteiger partial charge in [-0.25, -0.2) is 0 Å². The number of amides is 1. The average molecular weight is 278 g/mol. The molecule has 0 radical (unpaired) electrons. The zero-order valence-electron chi connectivity index (χ0n) is 12.7. The number of hydrogen-bond donors (Lipinski definition) is 2. The molecule has 0 aromatic heterocycles. The summed E-state index contributed by atoms with van der Waals surface area (Å²) in [6, 6.07) is 7.84. The van der Waals surface area contributed by atoms with E-state index in [9.17, 15) is 4.79 Å². The van der Waals surface area contributed by atoms with E-state index in [-0.39, 0.29) is 5.91 Å². The fraction of sp³-hybridized carbons (Fsp3) is 0.562. The fourth-order valence-electron chi connectivity index (χ4n) is 1.80. The van der Waals surface area contributed by atoms with Crippen LogP contribution in [0.5, 0.6) is 5.75 Å². The van der Waals surface area contributed by atoms with Crippen molar-refractivity contribution in [2.75, 3.05) is 13.1 Å². The molecule has 4 heteroatoms. The highest BCUT2D eigenvalue weighted by molar-refractivity contribution is 5.80. The normalized spacial score (nSPS) is 11.9. The smallest absolute Gasteiger partial charge is 0.260 e. The number of carbonyl (C=O) groups is 1. The molecule has 1 aromatic rings. The molecular weight excluding hydrogens is 252 g/mol. The third-order valence-corrected chi connectivity index (χ3v) is 2.94. The second-order valence-electron chi connectivity index (χ2n) is 4.84. The molecule has 112 valence electrons. The molecule has 0 bridgehead atoms. The molecule has 0 aliphatic rings. The van der Waals surface area contributed by atoms with Gasteiger partial charge in [0.2, 0.25) is 0 Å². The molecule has 0 fully saturated rings. The quantitative estimate of drug-likeness (QED) is 0.682. The summed E-state index contributed by atoms with van der Waals surface area (Å²) < 4.78 is 5.78. The Kier molecular flexibility index (Phi) is 7.73. The van der Waals surface area contributed by atoms with Gasteiger partial charge in [-0.05, 0) is 32.4 Å². The largest absolute Gasteiger partial charge is 0.481 e. The van der Waals surface area contributed by atoms with E-state index in [1.807, 2.05) is 31.2 Å². The highest BCUT2D eigenvalue weighted by Crippen LogP contribution is 2.19. The minimum atomic E-state index is -0.478. The summed E-state index contributed by atoms with van der Waals surface area (Å²) in [5, 5.41) is 6.19. The molecule has 0 aliphatic heterocycles. The van der Waals surface area contributed by atoms with Gasteiger partial charge < -0.3 is 15.4 Å². The van der Waals surface area contributed by atoms with Crippen LogP contribution < -0.4 is 15.4 Å². The van der Waals surface area contributed by atoms with Crippen molar-refractivity contribution in [1.29, 1.82) is 0 Å². The number of benzene rings is 1. The summed E-state index contributed by atoms with van der Waals surface area (Å²) >= 11 is 0. The van der Waals surface area contributed by atoms with Crippen LogP contribution in [0, 0.1) is 0 Å². The van der Waals surface area contributed by atoms with E-state index in [4.69, 9.17) is 4.74 Å². The average Bonchev–Trinajstić information content (AvgIpc) is 2.46. The van der Waals surface area contributed by atoms with Gasteiger partial charge in [-0.1, -0.05) is 32.0 Å². The topological polar surface area (TPSA) is 50.4 Å². The Hall–Kier alpha value is -1.55. The van der Waals surface area contributed by atoms with Gasteiger partial charge in [0, 0.05) is 18.7 Å². The van der Waals surface area contributed by atoms with Crippen LogP contribution in [0.4, 0.5) is 0 Å². The number of ether oxygens (including phenoxy) is 1. The van der Waals surface area contributed by atoms with E-state index in [1.165, 1.54) is 0 Å². The molecule has 0 aliphatic carbocycles. The van der Waals surface area contributed by atoms with Crippen LogP contribution in [0.15, 0.2) is 24.3 Å². The number of rotatable bonds is 9. The van der Waals surface area contributed by atoms with Gasteiger partial charge in [-0.3, -0.25) is 4.79 Å². The molecule has 1 amide bonds. The Bertz CT molecular complexity index is 407. The van der Waals surface area contributed by atoms with Crippen molar-refractivity contribution >= 4 is 5.91 Å². The van der Waals surface area contributed by atoms with Crippen molar-refractivity contribution in [1.82, 2.24) is 10.6 Å². The maximum absolute atomic E-state index is 11.8. The molecule has 4 nitrogen and oxygen atoms in total. The van der Waals surface area contributed by atoms with E-state index < -0.39 is 6.10 Å². The first kappa shape index (κ1) is 16.5. The number of carbonyl (C=O) groups excluding carboxylic acids is 1. The minimum Gasteiger partial charge on any atom is -0.481 e. The second kappa shape index (κ2) is 9.37. The maximum Gasteiger partial charge on any atom is 0.260 e. The molecule has 1 atom stereocenters. The molecule has 1 unspecified atom stereocenters. The van der Waals surface area contributed by atoms with Gasteiger partial charge in [0.15, 0.2) is 6.10 Å². The number of hydrogen-bond acceptors (Lipinski definition) is 3. The maximum atomic E-state index is 11.8. The lowest BCUT2D eigenvalue weighted by molar-refractivity contribution is -0.127. The minimum absolute atomic E-state index is 0.0665. The summed E-state index contributed by atoms with van der Waals surface area (Å²) in [6.45, 7) is 8.36. The molecule has 1 aromatic carbocycles. The summed E-state index contributed by atoms with van der Waals surface area (Å²) in [6.07, 6.45) is 1.54. The number of nitrogens with one attached hydrogen (secondary N) is 2. The van der Waals surface area contributed by atoms with Gasteiger partial charge in [0.25, 0.3) is 5.91 Å². The predicted molar refractivity (Wildman–Crippen MR) is 81.8 cm³/mol. The lowest BCUT2D eigenvalue weighted by atomic mass is 10.2. The van der Waals surface area contributed by atoms with E-state index >= 15 is 0 Å². The van der Waals surface area contributed by atoms with Crippen molar-refractivity contribution in [3.63, 3.8) is 0 Å². The van der Waals surface area contributed by atoms with E-state index in [0.717, 1.165) is 37.2 Å². The fourth-order valence-corrected chi connectivity index (χ4v) is 1.80. The zero-order chi connectivity index (χ0) is 14.8. The molecule has 0 heterocycles. The monoisotopic (exact) mass is 278 g/mol. The first-order valence-corrected chi connectivity index (χ1v) is 7.42. The summed E-state index contributed by atoms with van der Waals surface area (Å²) in [5.41, 5.74) is 1.08. The highest BCUT2D eigenvalue weighted by Gasteiger charge is 2.15. The molecule has 2 N–H and O–H groups in total. The first-order valence-electron chi connectivity index (χ1n) is 7.42. The Morgan fingerprint density at radius 1 is 1.20 bits per heavy atom. The molecule has 0 saturated carbocycles. The predicted octanol–water partition coefficient (Wildman–Crippen LogP) is 2.48. The zero-order valence-corrected chi connectivity index (χ0v) is 12.7. The van der Waals surface area contributed by atoms with Crippen molar-refractivity contribution in [2.24, 2.45) is 0 Å². The molecule has 20 heavy (non-hydrogen) atoms. The van der Waals surface area contributed by atoms with Crippen LogP contribution in [-0.2, 0) is 11.3 Å². The van der Waals surface area contributed by atoms with Crippen LogP contribution in [-0.4, -0.2) is 25.1 Å². The Morgan fingerprint density at radius 3 is 2.60 bits per heavy atom. The third-order valence-electron chi connectivity index (χ3n) is 2.94. The highest BCUT2D eigenvalue weighted by atomic mass is 16.5. The molecule has 0 saturated heterocycles. The van der Waals surface area contributed by atoms with Gasteiger partial charge in [-0.15, -0.1) is 0 Å². The van der Waals surface area contributed by atoms with Crippen molar-refractivity contribution in [3.05, 3.63) is 29.8 Å². The van der Waals surface area contributed by atoms with Crippen molar-refractivity contribution in [3.8, 4) is 5.75 Å². The first-order chi connectivity index (χ1) is 9.69. The SMILES string of the molecule is CCCNCc1ccccc1OC(C)C(=O)NCCC. The second-order valence-corrected chi connectivity index (χ2v) is 4.84. The Morgan fingerprint density at radius 2 is 1.90 bits per heavy atom. The van der Waals surface area contributed by atoms with E-state index in [0.29, 0.717) is 6.54 Å². The summed E-state index contributed by atoms with van der Waals surface area (Å²) in [4.78, 5) is 11.8. The van der Waals surface area contributed by atoms with E-state index in [1.54, 1.807) is 6.92 Å². The van der Waals surface area contributed by atoms with Crippen LogP contribution >= 0.6 is 0 Å².